The number of hydrogen-bond donors (Lipinski definition) is 0. The zero-order valence-corrected chi connectivity index (χ0v) is 13.0. The largest absolute Gasteiger partial charge is 0.469 e. The van der Waals surface area contributed by atoms with E-state index in [1.165, 1.54) is 7.11 Å². The van der Waals surface area contributed by atoms with Crippen LogP contribution in [0.4, 0.5) is 8.78 Å². The van der Waals surface area contributed by atoms with Gasteiger partial charge in [-0.05, 0) is 12.1 Å². The Kier molecular flexibility index (Phi) is 5.75. The quantitative estimate of drug-likeness (QED) is 0.795. The van der Waals surface area contributed by atoms with Crippen molar-refractivity contribution in [3.63, 3.8) is 0 Å². The highest BCUT2D eigenvalue weighted by Crippen LogP contribution is 2.24. The van der Waals surface area contributed by atoms with E-state index in [-0.39, 0.29) is 36.1 Å². The minimum absolute atomic E-state index is 0.0425. The summed E-state index contributed by atoms with van der Waals surface area (Å²) in [6.45, 7) is 0.719. The third-order valence-electron chi connectivity index (χ3n) is 3.61. The number of carbonyl (C=O) groups excluding carboxylic acids is 1. The van der Waals surface area contributed by atoms with Gasteiger partial charge in [0.1, 0.15) is 11.6 Å². The molecule has 118 valence electrons. The van der Waals surface area contributed by atoms with Gasteiger partial charge in [-0.3, -0.25) is 9.69 Å². The zero-order chi connectivity index (χ0) is 16.1. The van der Waals surface area contributed by atoms with Gasteiger partial charge in [0.05, 0.1) is 25.2 Å². The maximum absolute atomic E-state index is 14.0. The molecular formula is C15H16F2N2O2S. The maximum Gasteiger partial charge on any atom is 0.307 e. The second-order valence-corrected chi connectivity index (χ2v) is 6.16. The van der Waals surface area contributed by atoms with Crippen LogP contribution in [0.15, 0.2) is 12.1 Å². The lowest BCUT2D eigenvalue weighted by Gasteiger charge is -2.34. The lowest BCUT2D eigenvalue weighted by Crippen LogP contribution is -2.43. The molecule has 7 heteroatoms. The molecule has 0 amide bonds. The van der Waals surface area contributed by atoms with Crippen molar-refractivity contribution >= 4 is 17.7 Å². The van der Waals surface area contributed by atoms with Crippen molar-refractivity contribution in [3.8, 4) is 6.07 Å². The highest BCUT2D eigenvalue weighted by atomic mass is 32.2. The Bertz CT molecular complexity index is 581. The minimum atomic E-state index is -0.730. The van der Waals surface area contributed by atoms with Crippen LogP contribution in [-0.4, -0.2) is 42.1 Å². The Morgan fingerprint density at radius 3 is 2.77 bits per heavy atom. The fourth-order valence-electron chi connectivity index (χ4n) is 2.38. The molecule has 22 heavy (non-hydrogen) atoms. The third kappa shape index (κ3) is 3.96. The fourth-order valence-corrected chi connectivity index (χ4v) is 3.51. The summed E-state index contributed by atoms with van der Waals surface area (Å²) in [5.74, 6) is -0.234. The number of carbonyl (C=O) groups is 1. The smallest absolute Gasteiger partial charge is 0.307 e. The van der Waals surface area contributed by atoms with E-state index in [1.807, 2.05) is 4.90 Å². The van der Waals surface area contributed by atoms with Gasteiger partial charge in [-0.25, -0.2) is 8.78 Å². The number of rotatable bonds is 4. The van der Waals surface area contributed by atoms with Crippen LogP contribution < -0.4 is 0 Å². The second kappa shape index (κ2) is 7.56. The zero-order valence-electron chi connectivity index (χ0n) is 12.1. The van der Waals surface area contributed by atoms with E-state index in [0.29, 0.717) is 12.3 Å². The molecule has 1 aromatic carbocycles. The third-order valence-corrected chi connectivity index (χ3v) is 4.70. The molecule has 0 saturated carbocycles. The highest BCUT2D eigenvalue weighted by Gasteiger charge is 2.27. The summed E-state index contributed by atoms with van der Waals surface area (Å²) >= 11 is 1.70. The molecule has 4 nitrogen and oxygen atoms in total. The van der Waals surface area contributed by atoms with Gasteiger partial charge in [0, 0.05) is 36.2 Å². The van der Waals surface area contributed by atoms with Crippen LogP contribution in [-0.2, 0) is 16.1 Å². The fraction of sp³-hybridized carbons (Fsp3) is 0.467. The van der Waals surface area contributed by atoms with Crippen molar-refractivity contribution in [1.29, 1.82) is 5.26 Å². The van der Waals surface area contributed by atoms with Gasteiger partial charge in [-0.15, -0.1) is 0 Å². The summed E-state index contributed by atoms with van der Waals surface area (Å²) in [5.41, 5.74) is -0.111. The van der Waals surface area contributed by atoms with E-state index in [1.54, 1.807) is 17.8 Å². The van der Waals surface area contributed by atoms with E-state index in [0.717, 1.165) is 17.9 Å². The molecular weight excluding hydrogens is 310 g/mol. The van der Waals surface area contributed by atoms with Crippen molar-refractivity contribution in [1.82, 2.24) is 4.90 Å². The van der Waals surface area contributed by atoms with Crippen molar-refractivity contribution in [3.05, 3.63) is 34.9 Å². The minimum Gasteiger partial charge on any atom is -0.469 e. The Morgan fingerprint density at radius 2 is 2.18 bits per heavy atom. The summed E-state index contributed by atoms with van der Waals surface area (Å²) in [4.78, 5) is 13.3. The molecule has 1 unspecified atom stereocenters. The molecule has 0 N–H and O–H groups in total. The number of esters is 1. The molecule has 0 bridgehead atoms. The van der Waals surface area contributed by atoms with Crippen LogP contribution in [0.25, 0.3) is 0 Å². The first-order valence-corrected chi connectivity index (χ1v) is 7.97. The Labute approximate surface area is 132 Å². The van der Waals surface area contributed by atoms with Gasteiger partial charge in [-0.1, -0.05) is 0 Å². The molecule has 0 spiro atoms. The monoisotopic (exact) mass is 326 g/mol. The van der Waals surface area contributed by atoms with E-state index < -0.39 is 11.6 Å². The topological polar surface area (TPSA) is 53.3 Å². The molecule has 1 atom stereocenters. The van der Waals surface area contributed by atoms with E-state index in [9.17, 15) is 13.6 Å². The molecule has 1 aliphatic rings. The van der Waals surface area contributed by atoms with Crippen LogP contribution >= 0.6 is 11.8 Å². The molecule has 0 aliphatic carbocycles. The number of methoxy groups -OCH3 is 1. The molecule has 1 fully saturated rings. The summed E-state index contributed by atoms with van der Waals surface area (Å²) in [6.07, 6.45) is 0.197. The van der Waals surface area contributed by atoms with Gasteiger partial charge < -0.3 is 4.74 Å². The highest BCUT2D eigenvalue weighted by molar-refractivity contribution is 7.99. The first kappa shape index (κ1) is 16.7. The average Bonchev–Trinajstić information content (AvgIpc) is 2.51. The number of ether oxygens (including phenoxy) is 1. The molecule has 1 aromatic rings. The number of hydrogen-bond acceptors (Lipinski definition) is 5. The van der Waals surface area contributed by atoms with Gasteiger partial charge in [0.2, 0.25) is 0 Å². The predicted molar refractivity (Wildman–Crippen MR) is 79.2 cm³/mol. The Hall–Kier alpha value is -1.65. The van der Waals surface area contributed by atoms with Crippen molar-refractivity contribution in [2.24, 2.45) is 0 Å². The van der Waals surface area contributed by atoms with Crippen LogP contribution in [0, 0.1) is 23.0 Å². The van der Waals surface area contributed by atoms with Gasteiger partial charge in [-0.2, -0.15) is 17.0 Å². The molecule has 1 heterocycles. The maximum atomic E-state index is 14.0. The number of thioether (sulfide) groups is 1. The number of halogens is 2. The Morgan fingerprint density at radius 1 is 1.50 bits per heavy atom. The molecule has 2 rings (SSSR count). The van der Waals surface area contributed by atoms with E-state index in [4.69, 9.17) is 5.26 Å². The first-order valence-electron chi connectivity index (χ1n) is 6.81. The number of benzene rings is 1. The second-order valence-electron chi connectivity index (χ2n) is 5.01. The van der Waals surface area contributed by atoms with Crippen LogP contribution in [0.2, 0.25) is 0 Å². The number of nitriles is 1. The molecule has 0 aromatic heterocycles. The summed E-state index contributed by atoms with van der Waals surface area (Å²) < 4.78 is 32.7. The number of nitrogens with zero attached hydrogens (tertiary/aromatic N) is 2. The summed E-state index contributed by atoms with van der Waals surface area (Å²) in [5, 5.41) is 8.72. The van der Waals surface area contributed by atoms with Crippen molar-refractivity contribution < 1.29 is 18.3 Å². The lowest BCUT2D eigenvalue weighted by atomic mass is 10.1. The van der Waals surface area contributed by atoms with E-state index in [2.05, 4.69) is 4.74 Å². The van der Waals surface area contributed by atoms with Crippen LogP contribution in [0.1, 0.15) is 17.5 Å². The van der Waals surface area contributed by atoms with Crippen LogP contribution in [0.3, 0.4) is 0 Å². The van der Waals surface area contributed by atoms with E-state index >= 15 is 0 Å². The first-order chi connectivity index (χ1) is 10.5. The molecule has 1 aliphatic heterocycles. The SMILES string of the molecule is COC(=O)CC1CSCCN1Cc1c(F)cc(C#N)cc1F. The summed E-state index contributed by atoms with van der Waals surface area (Å²) in [7, 11) is 1.32. The van der Waals surface area contributed by atoms with Gasteiger partial charge in [0.25, 0.3) is 0 Å². The Balaban J connectivity index is 2.17. The average molecular weight is 326 g/mol. The molecule has 1 saturated heterocycles. The standard InChI is InChI=1S/C15H16F2N2O2S/c1-21-15(20)6-11-9-22-3-2-19(11)8-12-13(16)4-10(7-18)5-14(12)17/h4-5,11H,2-3,6,8-9H2,1H3. The normalized spacial score (nSPS) is 18.7. The van der Waals surface area contributed by atoms with Gasteiger partial charge in [0.15, 0.2) is 0 Å². The van der Waals surface area contributed by atoms with Crippen LogP contribution in [0.5, 0.6) is 0 Å². The predicted octanol–water partition coefficient (Wildman–Crippen LogP) is 2.32. The van der Waals surface area contributed by atoms with Gasteiger partial charge >= 0.3 is 5.97 Å². The lowest BCUT2D eigenvalue weighted by molar-refractivity contribution is -0.141. The van der Waals surface area contributed by atoms with Crippen molar-refractivity contribution in [2.75, 3.05) is 25.2 Å². The summed E-state index contributed by atoms with van der Waals surface area (Å²) in [6, 6.07) is 3.68. The van der Waals surface area contributed by atoms with Crippen molar-refractivity contribution in [2.45, 2.75) is 19.0 Å². The molecule has 0 radical (unpaired) electrons.